The number of methoxy groups -OCH3 is 1. The maximum Gasteiger partial charge on any atom is 0.410 e. The highest BCUT2D eigenvalue weighted by molar-refractivity contribution is 5.81. The van der Waals surface area contributed by atoms with E-state index in [1.165, 1.54) is 12.0 Å². The van der Waals surface area contributed by atoms with Crippen LogP contribution in [0.1, 0.15) is 18.4 Å². The van der Waals surface area contributed by atoms with Crippen molar-refractivity contribution >= 4 is 12.0 Å². The lowest BCUT2D eigenvalue weighted by Crippen LogP contribution is -2.49. The van der Waals surface area contributed by atoms with Crippen molar-refractivity contribution in [2.75, 3.05) is 13.7 Å². The topological polar surface area (TPSA) is 81.9 Å². The number of carbonyl (C=O) groups excluding carboxylic acids is 2. The molecule has 0 radical (unpaired) electrons. The maximum absolute atomic E-state index is 12.2. The van der Waals surface area contributed by atoms with E-state index in [0.717, 1.165) is 12.0 Å². The third kappa shape index (κ3) is 3.72. The molecule has 2 atom stereocenters. The molecule has 0 bridgehead atoms. The molecule has 1 fully saturated rings. The van der Waals surface area contributed by atoms with E-state index in [2.05, 4.69) is 0 Å². The van der Waals surface area contributed by atoms with E-state index >= 15 is 0 Å². The van der Waals surface area contributed by atoms with Crippen LogP contribution in [0, 0.1) is 0 Å². The fourth-order valence-electron chi connectivity index (χ4n) is 2.60. The number of rotatable bonds is 5. The Morgan fingerprint density at radius 1 is 1.38 bits per heavy atom. The molecular weight excluding hydrogens is 272 g/mol. The van der Waals surface area contributed by atoms with Crippen LogP contribution in [0.4, 0.5) is 4.79 Å². The molecule has 0 aliphatic carbocycles. The summed E-state index contributed by atoms with van der Waals surface area (Å²) in [4.78, 5) is 25.1. The summed E-state index contributed by atoms with van der Waals surface area (Å²) in [6, 6.07) is 9.09. The summed E-state index contributed by atoms with van der Waals surface area (Å²) in [6.07, 6.45) is 0.251. The van der Waals surface area contributed by atoms with Gasteiger partial charge in [0.2, 0.25) is 5.91 Å². The van der Waals surface area contributed by atoms with Gasteiger partial charge in [0.1, 0.15) is 6.61 Å². The molecule has 114 valence electrons. The number of ether oxygens (including phenoxy) is 2. The van der Waals surface area contributed by atoms with Crippen LogP contribution < -0.4 is 5.73 Å². The van der Waals surface area contributed by atoms with Crippen molar-refractivity contribution in [1.29, 1.82) is 0 Å². The smallest absolute Gasteiger partial charge is 0.410 e. The van der Waals surface area contributed by atoms with Gasteiger partial charge in [0.25, 0.3) is 0 Å². The van der Waals surface area contributed by atoms with Crippen LogP contribution in [-0.4, -0.2) is 42.7 Å². The van der Waals surface area contributed by atoms with E-state index in [1.807, 2.05) is 30.3 Å². The van der Waals surface area contributed by atoms with E-state index in [4.69, 9.17) is 15.2 Å². The fourth-order valence-corrected chi connectivity index (χ4v) is 2.60. The number of carbonyl (C=O) groups is 2. The number of nitrogens with two attached hydrogens (primary N) is 1. The van der Waals surface area contributed by atoms with Gasteiger partial charge in [-0.05, 0) is 18.4 Å². The lowest BCUT2D eigenvalue weighted by Gasteiger charge is -2.28. The van der Waals surface area contributed by atoms with Gasteiger partial charge < -0.3 is 20.1 Å². The largest absolute Gasteiger partial charge is 0.445 e. The zero-order valence-corrected chi connectivity index (χ0v) is 12.0. The van der Waals surface area contributed by atoms with Crippen molar-refractivity contribution in [2.45, 2.75) is 31.6 Å². The first-order valence-corrected chi connectivity index (χ1v) is 6.93. The van der Waals surface area contributed by atoms with Crippen molar-refractivity contribution in [1.82, 2.24) is 4.90 Å². The van der Waals surface area contributed by atoms with Crippen LogP contribution in [0.15, 0.2) is 30.3 Å². The lowest BCUT2D eigenvalue weighted by atomic mass is 10.1. The summed E-state index contributed by atoms with van der Waals surface area (Å²) in [5.41, 5.74) is 6.23. The summed E-state index contributed by atoms with van der Waals surface area (Å²) in [7, 11) is 1.42. The monoisotopic (exact) mass is 292 g/mol. The van der Waals surface area contributed by atoms with Gasteiger partial charge in [-0.15, -0.1) is 0 Å². The maximum atomic E-state index is 12.2. The summed E-state index contributed by atoms with van der Waals surface area (Å²) < 4.78 is 10.4. The third-order valence-electron chi connectivity index (χ3n) is 3.62. The molecule has 1 saturated heterocycles. The Balaban J connectivity index is 1.96. The van der Waals surface area contributed by atoms with Crippen molar-refractivity contribution in [3.8, 4) is 0 Å². The Morgan fingerprint density at radius 3 is 2.71 bits per heavy atom. The average molecular weight is 292 g/mol. The highest BCUT2D eigenvalue weighted by Gasteiger charge is 2.38. The highest BCUT2D eigenvalue weighted by Crippen LogP contribution is 2.23. The number of amides is 2. The second kappa shape index (κ2) is 7.08. The molecule has 0 saturated carbocycles. The minimum Gasteiger partial charge on any atom is -0.445 e. The Labute approximate surface area is 123 Å². The molecule has 2 rings (SSSR count). The van der Waals surface area contributed by atoms with Crippen molar-refractivity contribution in [2.24, 2.45) is 5.73 Å². The summed E-state index contributed by atoms with van der Waals surface area (Å²) >= 11 is 0. The zero-order valence-electron chi connectivity index (χ0n) is 12.0. The molecule has 2 unspecified atom stereocenters. The van der Waals surface area contributed by atoms with Gasteiger partial charge in [-0.3, -0.25) is 4.79 Å². The molecule has 2 N–H and O–H groups in total. The predicted octanol–water partition coefficient (Wildman–Crippen LogP) is 1.29. The first-order valence-electron chi connectivity index (χ1n) is 6.93. The van der Waals surface area contributed by atoms with Crippen molar-refractivity contribution in [3.05, 3.63) is 35.9 Å². The van der Waals surface area contributed by atoms with Gasteiger partial charge >= 0.3 is 6.09 Å². The Kier molecular flexibility index (Phi) is 5.16. The first-order chi connectivity index (χ1) is 10.1. The normalized spacial score (nSPS) is 19.3. The van der Waals surface area contributed by atoms with Crippen LogP contribution in [0.2, 0.25) is 0 Å². The van der Waals surface area contributed by atoms with Gasteiger partial charge in [0, 0.05) is 13.7 Å². The van der Waals surface area contributed by atoms with Crippen LogP contribution in [-0.2, 0) is 20.9 Å². The first kappa shape index (κ1) is 15.3. The molecule has 0 aromatic heterocycles. The van der Waals surface area contributed by atoms with E-state index in [1.54, 1.807) is 0 Å². The summed E-state index contributed by atoms with van der Waals surface area (Å²) in [5.74, 6) is -0.565. The van der Waals surface area contributed by atoms with Crippen molar-refractivity contribution in [3.63, 3.8) is 0 Å². The predicted molar refractivity (Wildman–Crippen MR) is 76.3 cm³/mol. The lowest BCUT2D eigenvalue weighted by molar-refractivity contribution is -0.130. The standard InChI is InChI=1S/C15H20N2O4/c1-20-13(14(16)18)12-8-5-9-17(12)15(19)21-10-11-6-3-2-4-7-11/h2-4,6-7,12-13H,5,8-10H2,1H3,(H2,16,18). The minimum absolute atomic E-state index is 0.205. The molecule has 1 aromatic carbocycles. The highest BCUT2D eigenvalue weighted by atomic mass is 16.6. The number of nitrogens with zero attached hydrogens (tertiary/aromatic N) is 1. The second-order valence-corrected chi connectivity index (χ2v) is 5.00. The number of likely N-dealkylation sites (tertiary alicyclic amines) is 1. The number of primary amides is 1. The molecule has 2 amide bonds. The quantitative estimate of drug-likeness (QED) is 0.886. The van der Waals surface area contributed by atoms with Gasteiger partial charge in [0.15, 0.2) is 6.10 Å². The Morgan fingerprint density at radius 2 is 2.10 bits per heavy atom. The van der Waals surface area contributed by atoms with Gasteiger partial charge in [0.05, 0.1) is 6.04 Å². The molecule has 1 aliphatic heterocycles. The third-order valence-corrected chi connectivity index (χ3v) is 3.62. The molecular formula is C15H20N2O4. The zero-order chi connectivity index (χ0) is 15.2. The van der Waals surface area contributed by atoms with Gasteiger partial charge in [-0.2, -0.15) is 0 Å². The van der Waals surface area contributed by atoms with Crippen molar-refractivity contribution < 1.29 is 19.1 Å². The van der Waals surface area contributed by atoms with Crippen LogP contribution in [0.25, 0.3) is 0 Å². The number of hydrogen-bond acceptors (Lipinski definition) is 4. The molecule has 1 heterocycles. The molecule has 6 nitrogen and oxygen atoms in total. The van der Waals surface area contributed by atoms with Crippen LogP contribution >= 0.6 is 0 Å². The molecule has 1 aliphatic rings. The Bertz CT molecular complexity index is 492. The summed E-state index contributed by atoms with van der Waals surface area (Å²) in [5, 5.41) is 0. The van der Waals surface area contributed by atoms with E-state index in [0.29, 0.717) is 13.0 Å². The van der Waals surface area contributed by atoms with Gasteiger partial charge in [-0.1, -0.05) is 30.3 Å². The van der Waals surface area contributed by atoms with E-state index in [-0.39, 0.29) is 12.6 Å². The van der Waals surface area contributed by atoms with Gasteiger partial charge in [-0.25, -0.2) is 4.79 Å². The number of hydrogen-bond donors (Lipinski definition) is 1. The second-order valence-electron chi connectivity index (χ2n) is 5.00. The van der Waals surface area contributed by atoms with E-state index < -0.39 is 18.1 Å². The minimum atomic E-state index is -0.795. The molecule has 0 spiro atoms. The average Bonchev–Trinajstić information content (AvgIpc) is 2.95. The van der Waals surface area contributed by atoms with E-state index in [9.17, 15) is 9.59 Å². The number of benzene rings is 1. The Hall–Kier alpha value is -2.08. The van der Waals surface area contributed by atoms with Crippen LogP contribution in [0.3, 0.4) is 0 Å². The molecule has 21 heavy (non-hydrogen) atoms. The SMILES string of the molecule is COC(C(N)=O)C1CCCN1C(=O)OCc1ccccc1. The summed E-state index contributed by atoms with van der Waals surface area (Å²) in [6.45, 7) is 0.753. The molecule has 1 aromatic rings. The fraction of sp³-hybridized carbons (Fsp3) is 0.467. The van der Waals surface area contributed by atoms with Crippen LogP contribution in [0.5, 0.6) is 0 Å². The molecule has 6 heteroatoms.